The van der Waals surface area contributed by atoms with Gasteiger partial charge in [0.15, 0.2) is 0 Å². The zero-order chi connectivity index (χ0) is 30.1. The molecule has 2 aliphatic rings. The molecule has 3 heterocycles. The van der Waals surface area contributed by atoms with Crippen molar-refractivity contribution in [3.05, 3.63) is 106 Å². The Balaban J connectivity index is 1.38. The highest BCUT2D eigenvalue weighted by Gasteiger charge is 2.33. The van der Waals surface area contributed by atoms with E-state index < -0.39 is 10.0 Å². The molecule has 0 N–H and O–H groups in total. The van der Waals surface area contributed by atoms with Gasteiger partial charge in [-0.3, -0.25) is 9.69 Å². The Labute approximate surface area is 266 Å². The van der Waals surface area contributed by atoms with Gasteiger partial charge in [0.1, 0.15) is 10.0 Å². The molecule has 3 aromatic carbocycles. The minimum absolute atomic E-state index is 0.219. The topological polar surface area (TPSA) is 75.5 Å². The summed E-state index contributed by atoms with van der Waals surface area (Å²) in [6, 6.07) is 23.9. The second-order valence-corrected chi connectivity index (χ2v) is 14.7. The SMILES string of the molecule is CC1CCCN(S(=O)(=O)c2cccc(-c3nn(-c4ccccc4)cc3C=C3SC(=S)N(Cc4ccccc4Cl)C3=O)c2)C1. The third-order valence-corrected chi connectivity index (χ3v) is 11.2. The summed E-state index contributed by atoms with van der Waals surface area (Å²) < 4.78 is 31.0. The summed E-state index contributed by atoms with van der Waals surface area (Å²) in [5, 5.41) is 5.43. The number of halogens is 1. The second-order valence-electron chi connectivity index (χ2n) is 10.7. The fourth-order valence-corrected chi connectivity index (χ4v) is 8.41. The maximum absolute atomic E-state index is 13.6. The van der Waals surface area contributed by atoms with Gasteiger partial charge in [-0.1, -0.05) is 91.0 Å². The van der Waals surface area contributed by atoms with Crippen molar-refractivity contribution in [1.29, 1.82) is 0 Å². The molecule has 1 unspecified atom stereocenters. The smallest absolute Gasteiger partial charge is 0.266 e. The van der Waals surface area contributed by atoms with Gasteiger partial charge in [0, 0.05) is 35.4 Å². The second kappa shape index (κ2) is 12.4. The molecule has 7 nitrogen and oxygen atoms in total. The van der Waals surface area contributed by atoms with E-state index in [1.54, 1.807) is 44.2 Å². The van der Waals surface area contributed by atoms with E-state index in [4.69, 9.17) is 28.9 Å². The van der Waals surface area contributed by atoms with Crippen molar-refractivity contribution >= 4 is 61.9 Å². The van der Waals surface area contributed by atoms with Crippen molar-refractivity contribution in [1.82, 2.24) is 19.0 Å². The summed E-state index contributed by atoms with van der Waals surface area (Å²) in [6.07, 6.45) is 5.50. The monoisotopic (exact) mass is 648 g/mol. The molecular weight excluding hydrogens is 620 g/mol. The predicted octanol–water partition coefficient (Wildman–Crippen LogP) is 7.01. The summed E-state index contributed by atoms with van der Waals surface area (Å²) in [7, 11) is -3.67. The number of nitrogens with zero attached hydrogens (tertiary/aromatic N) is 4. The van der Waals surface area contributed by atoms with Gasteiger partial charge in [-0.15, -0.1) is 0 Å². The lowest BCUT2D eigenvalue weighted by Gasteiger charge is -2.30. The van der Waals surface area contributed by atoms with Crippen molar-refractivity contribution in [3.8, 4) is 16.9 Å². The molecule has 0 radical (unpaired) electrons. The van der Waals surface area contributed by atoms with Gasteiger partial charge in [0.25, 0.3) is 5.91 Å². The van der Waals surface area contributed by atoms with E-state index in [1.165, 1.54) is 11.8 Å². The lowest BCUT2D eigenvalue weighted by Crippen LogP contribution is -2.39. The fraction of sp³-hybridized carbons (Fsp3) is 0.219. The average molecular weight is 649 g/mol. The Morgan fingerprint density at radius 1 is 1.07 bits per heavy atom. The number of para-hydroxylation sites is 1. The predicted molar refractivity (Wildman–Crippen MR) is 176 cm³/mol. The van der Waals surface area contributed by atoms with Crippen LogP contribution in [0.4, 0.5) is 0 Å². The van der Waals surface area contributed by atoms with Crippen molar-refractivity contribution in [2.24, 2.45) is 5.92 Å². The lowest BCUT2D eigenvalue weighted by atomic mass is 10.0. The highest BCUT2D eigenvalue weighted by atomic mass is 35.5. The van der Waals surface area contributed by atoms with Crippen molar-refractivity contribution < 1.29 is 13.2 Å². The Morgan fingerprint density at radius 3 is 2.60 bits per heavy atom. The number of amides is 1. The fourth-order valence-electron chi connectivity index (χ4n) is 5.32. The zero-order valence-electron chi connectivity index (χ0n) is 23.4. The molecule has 0 saturated carbocycles. The lowest BCUT2D eigenvalue weighted by molar-refractivity contribution is -0.122. The maximum Gasteiger partial charge on any atom is 0.266 e. The summed E-state index contributed by atoms with van der Waals surface area (Å²) in [5.74, 6) is 0.0976. The molecule has 4 aromatic rings. The number of aromatic nitrogens is 2. The van der Waals surface area contributed by atoms with Gasteiger partial charge in [-0.25, -0.2) is 13.1 Å². The molecule has 0 spiro atoms. The highest BCUT2D eigenvalue weighted by molar-refractivity contribution is 8.26. The minimum Gasteiger partial charge on any atom is -0.288 e. The molecule has 2 saturated heterocycles. The Bertz CT molecular complexity index is 1840. The van der Waals surface area contributed by atoms with E-state index in [9.17, 15) is 13.2 Å². The molecule has 2 aliphatic heterocycles. The van der Waals surface area contributed by atoms with Gasteiger partial charge in [0.2, 0.25) is 10.0 Å². The number of benzene rings is 3. The molecule has 43 heavy (non-hydrogen) atoms. The third-order valence-electron chi connectivity index (χ3n) is 7.57. The number of rotatable bonds is 7. The quantitative estimate of drug-likeness (QED) is 0.158. The van der Waals surface area contributed by atoms with Crippen molar-refractivity contribution in [2.75, 3.05) is 13.1 Å². The van der Waals surface area contributed by atoms with Gasteiger partial charge in [0.05, 0.1) is 22.0 Å². The van der Waals surface area contributed by atoms with Crippen LogP contribution in [0.1, 0.15) is 30.9 Å². The van der Waals surface area contributed by atoms with Crippen LogP contribution < -0.4 is 0 Å². The number of hydrogen-bond acceptors (Lipinski definition) is 6. The van der Waals surface area contributed by atoms with E-state index in [-0.39, 0.29) is 17.3 Å². The minimum atomic E-state index is -3.67. The summed E-state index contributed by atoms with van der Waals surface area (Å²) in [6.45, 7) is 3.38. The van der Waals surface area contributed by atoms with Crippen LogP contribution in [-0.2, 0) is 21.4 Å². The van der Waals surface area contributed by atoms with Crippen LogP contribution in [-0.4, -0.2) is 50.7 Å². The van der Waals surface area contributed by atoms with Crippen molar-refractivity contribution in [2.45, 2.75) is 31.2 Å². The van der Waals surface area contributed by atoms with Crippen LogP contribution in [0.25, 0.3) is 23.0 Å². The van der Waals surface area contributed by atoms with Crippen LogP contribution in [0.3, 0.4) is 0 Å². The molecular formula is C32H29ClN4O3S3. The van der Waals surface area contributed by atoms with Gasteiger partial charge in [-0.05, 0) is 60.7 Å². The molecule has 11 heteroatoms. The molecule has 6 rings (SSSR count). The normalized spacial score (nSPS) is 19.0. The first kappa shape index (κ1) is 29.8. The summed E-state index contributed by atoms with van der Waals surface area (Å²) in [5.41, 5.74) is 3.51. The molecule has 0 bridgehead atoms. The molecule has 2 fully saturated rings. The van der Waals surface area contributed by atoms with E-state index in [1.807, 2.05) is 60.8 Å². The number of hydrogen-bond donors (Lipinski definition) is 0. The number of carbonyl (C=O) groups is 1. The highest BCUT2D eigenvalue weighted by Crippen LogP contribution is 2.37. The molecule has 0 aliphatic carbocycles. The van der Waals surface area contributed by atoms with Gasteiger partial charge in [-0.2, -0.15) is 9.40 Å². The molecule has 220 valence electrons. The summed E-state index contributed by atoms with van der Waals surface area (Å²) in [4.78, 5) is 15.8. The third kappa shape index (κ3) is 6.21. The Kier molecular flexibility index (Phi) is 8.57. The van der Waals surface area contributed by atoms with Crippen LogP contribution in [0.15, 0.2) is 94.9 Å². The number of piperidine rings is 1. The molecule has 1 aromatic heterocycles. The standard InChI is InChI=1S/C32H29ClN4O3S3/c1-22-9-8-16-35(19-22)43(39,40)27-14-7-11-23(17-27)30-25(21-37(34-30)26-12-3-2-4-13-26)18-29-31(38)36(32(41)42-29)20-24-10-5-6-15-28(24)33/h2-7,10-15,17-18,21-22H,8-9,16,19-20H2,1H3. The van der Waals surface area contributed by atoms with E-state index in [0.717, 1.165) is 24.1 Å². The van der Waals surface area contributed by atoms with Crippen LogP contribution in [0, 0.1) is 5.92 Å². The van der Waals surface area contributed by atoms with Crippen molar-refractivity contribution in [3.63, 3.8) is 0 Å². The number of thioether (sulfide) groups is 1. The largest absolute Gasteiger partial charge is 0.288 e. The van der Waals surface area contributed by atoms with E-state index >= 15 is 0 Å². The molecule has 1 atom stereocenters. The van der Waals surface area contributed by atoms with E-state index in [2.05, 4.69) is 6.92 Å². The first-order chi connectivity index (χ1) is 20.7. The maximum atomic E-state index is 13.6. The number of thiocarbonyl (C=S) groups is 1. The van der Waals surface area contributed by atoms with Crippen LogP contribution in [0.2, 0.25) is 5.02 Å². The van der Waals surface area contributed by atoms with E-state index in [0.29, 0.717) is 50.1 Å². The van der Waals surface area contributed by atoms with Gasteiger partial charge >= 0.3 is 0 Å². The Hall–Kier alpha value is -3.28. The average Bonchev–Trinajstić information content (AvgIpc) is 3.55. The zero-order valence-corrected chi connectivity index (χ0v) is 26.6. The van der Waals surface area contributed by atoms with Gasteiger partial charge < -0.3 is 0 Å². The van der Waals surface area contributed by atoms with Crippen LogP contribution in [0.5, 0.6) is 0 Å². The summed E-state index contributed by atoms with van der Waals surface area (Å²) >= 11 is 13.2. The first-order valence-corrected chi connectivity index (χ1v) is 17.0. The Morgan fingerprint density at radius 2 is 1.84 bits per heavy atom. The first-order valence-electron chi connectivity index (χ1n) is 13.9. The van der Waals surface area contributed by atoms with Crippen LogP contribution >= 0.6 is 35.6 Å². The molecule has 1 amide bonds. The number of carbonyl (C=O) groups excluding carboxylic acids is 1. The number of sulfonamides is 1.